The summed E-state index contributed by atoms with van der Waals surface area (Å²) in [6.07, 6.45) is 3.13. The van der Waals surface area contributed by atoms with E-state index in [4.69, 9.17) is 10.9 Å². The molecule has 1 atom stereocenters. The Hall–Kier alpha value is -0.870. The maximum atomic E-state index is 11.2. The van der Waals surface area contributed by atoms with Crippen molar-refractivity contribution in [1.29, 1.82) is 0 Å². The average Bonchev–Trinajstić information content (AvgIpc) is 2.47. The molecule has 1 fully saturated rings. The Kier molecular flexibility index (Phi) is 7.75. The Morgan fingerprint density at radius 2 is 2.00 bits per heavy atom. The van der Waals surface area contributed by atoms with Gasteiger partial charge >= 0.3 is 0 Å². The van der Waals surface area contributed by atoms with Crippen LogP contribution in [0.5, 0.6) is 0 Å². The van der Waals surface area contributed by atoms with E-state index >= 15 is 0 Å². The lowest BCUT2D eigenvalue weighted by Gasteiger charge is -2.31. The highest BCUT2D eigenvalue weighted by atomic mass is 127. The van der Waals surface area contributed by atoms with Gasteiger partial charge < -0.3 is 10.6 Å². The molecule has 1 aromatic carbocycles. The van der Waals surface area contributed by atoms with Crippen LogP contribution in [0.1, 0.15) is 25.3 Å². The van der Waals surface area contributed by atoms with Gasteiger partial charge in [0.25, 0.3) is 0 Å². The second-order valence-corrected chi connectivity index (χ2v) is 7.43. The van der Waals surface area contributed by atoms with Crippen LogP contribution in [0.25, 0.3) is 0 Å². The molecule has 2 rings (SSSR count). The van der Waals surface area contributed by atoms with Gasteiger partial charge in [-0.25, -0.2) is 13.6 Å². The van der Waals surface area contributed by atoms with Crippen molar-refractivity contribution in [3.8, 4) is 0 Å². The molecule has 130 valence electrons. The summed E-state index contributed by atoms with van der Waals surface area (Å²) in [5.74, 6) is 1.26. The van der Waals surface area contributed by atoms with Gasteiger partial charge in [0.1, 0.15) is 0 Å². The van der Waals surface area contributed by atoms with Crippen LogP contribution in [0.15, 0.2) is 34.2 Å². The normalized spacial score (nSPS) is 19.3. The summed E-state index contributed by atoms with van der Waals surface area (Å²) in [4.78, 5) is 6.69. The molecule has 8 heteroatoms. The number of guanidine groups is 1. The van der Waals surface area contributed by atoms with Gasteiger partial charge in [0.05, 0.1) is 4.90 Å². The third-order valence-corrected chi connectivity index (χ3v) is 4.84. The third-order valence-electron chi connectivity index (χ3n) is 3.91. The Morgan fingerprint density at radius 3 is 2.57 bits per heavy atom. The van der Waals surface area contributed by atoms with Crippen LogP contribution in [0.3, 0.4) is 0 Å². The summed E-state index contributed by atoms with van der Waals surface area (Å²) in [6.45, 7) is 4.76. The highest BCUT2D eigenvalue weighted by Gasteiger charge is 2.17. The molecule has 0 bridgehead atoms. The van der Waals surface area contributed by atoms with Crippen molar-refractivity contribution in [3.05, 3.63) is 29.8 Å². The molecule has 0 radical (unpaired) electrons. The minimum Gasteiger partial charge on any atom is -0.370 e. The number of hydrogen-bond donors (Lipinski definition) is 2. The topological polar surface area (TPSA) is 102 Å². The molecule has 1 aromatic rings. The van der Waals surface area contributed by atoms with Crippen LogP contribution >= 0.6 is 24.0 Å². The van der Waals surface area contributed by atoms with Crippen molar-refractivity contribution in [1.82, 2.24) is 4.90 Å². The zero-order valence-electron chi connectivity index (χ0n) is 13.3. The molecule has 1 aliphatic heterocycles. The summed E-state index contributed by atoms with van der Waals surface area (Å²) < 4.78 is 22.4. The van der Waals surface area contributed by atoms with E-state index < -0.39 is 10.0 Å². The van der Waals surface area contributed by atoms with E-state index in [0.29, 0.717) is 18.4 Å². The maximum absolute atomic E-state index is 11.2. The molecular formula is C15H25IN4O2S. The summed E-state index contributed by atoms with van der Waals surface area (Å²) >= 11 is 0. The molecule has 1 saturated heterocycles. The predicted octanol–water partition coefficient (Wildman–Crippen LogP) is 1.54. The second-order valence-electron chi connectivity index (χ2n) is 5.87. The maximum Gasteiger partial charge on any atom is 0.238 e. The van der Waals surface area contributed by atoms with Gasteiger partial charge in [-0.3, -0.25) is 4.99 Å². The molecular weight excluding hydrogens is 427 g/mol. The first kappa shape index (κ1) is 20.2. The van der Waals surface area contributed by atoms with Gasteiger partial charge in [-0.1, -0.05) is 19.1 Å². The number of benzene rings is 1. The van der Waals surface area contributed by atoms with Gasteiger partial charge in [0, 0.05) is 19.6 Å². The number of piperidine rings is 1. The van der Waals surface area contributed by atoms with Crippen LogP contribution < -0.4 is 10.9 Å². The Morgan fingerprint density at radius 1 is 1.35 bits per heavy atom. The van der Waals surface area contributed by atoms with Crippen LogP contribution in [0.2, 0.25) is 0 Å². The van der Waals surface area contributed by atoms with Crippen molar-refractivity contribution < 1.29 is 8.42 Å². The van der Waals surface area contributed by atoms with E-state index in [2.05, 4.69) is 16.8 Å². The van der Waals surface area contributed by atoms with Gasteiger partial charge in [-0.05, 0) is 42.9 Å². The SMILES string of the molecule is CC1CCCN(C(N)=NCCc2ccc(S(N)(=O)=O)cc2)C1.I. The fraction of sp³-hybridized carbons (Fsp3) is 0.533. The summed E-state index contributed by atoms with van der Waals surface area (Å²) in [5, 5.41) is 5.07. The molecule has 0 spiro atoms. The monoisotopic (exact) mass is 452 g/mol. The van der Waals surface area contributed by atoms with Crippen LogP contribution in [-0.2, 0) is 16.4 Å². The highest BCUT2D eigenvalue weighted by molar-refractivity contribution is 14.0. The lowest BCUT2D eigenvalue weighted by atomic mass is 10.0. The zero-order chi connectivity index (χ0) is 16.2. The largest absolute Gasteiger partial charge is 0.370 e. The Labute approximate surface area is 155 Å². The van der Waals surface area contributed by atoms with E-state index in [1.54, 1.807) is 12.1 Å². The molecule has 0 saturated carbocycles. The average molecular weight is 452 g/mol. The smallest absolute Gasteiger partial charge is 0.238 e. The lowest BCUT2D eigenvalue weighted by Crippen LogP contribution is -2.43. The van der Waals surface area contributed by atoms with Gasteiger partial charge in [-0.2, -0.15) is 0 Å². The number of likely N-dealkylation sites (tertiary alicyclic amines) is 1. The first-order valence-corrected chi connectivity index (χ1v) is 9.07. The summed E-state index contributed by atoms with van der Waals surface area (Å²) in [6, 6.07) is 6.55. The van der Waals surface area contributed by atoms with E-state index in [1.807, 2.05) is 0 Å². The number of hydrogen-bond acceptors (Lipinski definition) is 3. The van der Waals surface area contributed by atoms with E-state index in [-0.39, 0.29) is 28.9 Å². The first-order valence-electron chi connectivity index (χ1n) is 7.53. The van der Waals surface area contributed by atoms with E-state index in [0.717, 1.165) is 31.5 Å². The molecule has 0 aliphatic carbocycles. The molecule has 6 nitrogen and oxygen atoms in total. The molecule has 1 unspecified atom stereocenters. The Bertz CT molecular complexity index is 631. The summed E-state index contributed by atoms with van der Waals surface area (Å²) in [5.41, 5.74) is 7.05. The highest BCUT2D eigenvalue weighted by Crippen LogP contribution is 2.15. The molecule has 0 aromatic heterocycles. The molecule has 1 heterocycles. The number of aliphatic imine (C=N–C) groups is 1. The number of nitrogens with zero attached hydrogens (tertiary/aromatic N) is 2. The number of nitrogens with two attached hydrogens (primary N) is 2. The molecule has 1 aliphatic rings. The fourth-order valence-electron chi connectivity index (χ4n) is 2.64. The Balaban J connectivity index is 0.00000264. The van der Waals surface area contributed by atoms with Crippen molar-refractivity contribution in [2.24, 2.45) is 21.8 Å². The molecule has 23 heavy (non-hydrogen) atoms. The lowest BCUT2D eigenvalue weighted by molar-refractivity contribution is 0.270. The number of sulfonamides is 1. The zero-order valence-corrected chi connectivity index (χ0v) is 16.5. The number of rotatable bonds is 4. The molecule has 4 N–H and O–H groups in total. The number of primary sulfonamides is 1. The summed E-state index contributed by atoms with van der Waals surface area (Å²) in [7, 11) is -3.63. The number of halogens is 1. The van der Waals surface area contributed by atoms with Crippen LogP contribution in [-0.4, -0.2) is 38.9 Å². The van der Waals surface area contributed by atoms with Crippen molar-refractivity contribution in [2.75, 3.05) is 19.6 Å². The quantitative estimate of drug-likeness (QED) is 0.411. The van der Waals surface area contributed by atoms with Crippen LogP contribution in [0, 0.1) is 5.92 Å². The first-order chi connectivity index (χ1) is 10.4. The predicted molar refractivity (Wildman–Crippen MR) is 103 cm³/mol. The molecule has 0 amide bonds. The van der Waals surface area contributed by atoms with Crippen molar-refractivity contribution >= 4 is 40.0 Å². The van der Waals surface area contributed by atoms with Gasteiger partial charge in [0.15, 0.2) is 5.96 Å². The van der Waals surface area contributed by atoms with Crippen molar-refractivity contribution in [3.63, 3.8) is 0 Å². The van der Waals surface area contributed by atoms with E-state index in [1.165, 1.54) is 18.6 Å². The van der Waals surface area contributed by atoms with E-state index in [9.17, 15) is 8.42 Å². The second kappa shape index (κ2) is 8.84. The minimum atomic E-state index is -3.63. The minimum absolute atomic E-state index is 0. The third kappa shape index (κ3) is 6.27. The van der Waals surface area contributed by atoms with Crippen molar-refractivity contribution in [2.45, 2.75) is 31.1 Å². The van der Waals surface area contributed by atoms with Gasteiger partial charge in [-0.15, -0.1) is 24.0 Å². The standard InChI is InChI=1S/C15H24N4O2S.HI/c1-12-3-2-10-19(11-12)15(16)18-9-8-13-4-6-14(7-5-13)22(17,20)21;/h4-7,12H,2-3,8-11H2,1H3,(H2,16,18)(H2,17,20,21);1H. The fourth-order valence-corrected chi connectivity index (χ4v) is 3.16. The van der Waals surface area contributed by atoms with Gasteiger partial charge in [0.2, 0.25) is 10.0 Å². The van der Waals surface area contributed by atoms with Crippen LogP contribution in [0.4, 0.5) is 0 Å².